The van der Waals surface area contributed by atoms with Crippen molar-refractivity contribution in [1.29, 1.82) is 0 Å². The highest BCUT2D eigenvalue weighted by Gasteiger charge is 2.25. The molecular weight excluding hydrogens is 354 g/mol. The second-order valence-electron chi connectivity index (χ2n) is 7.18. The summed E-state index contributed by atoms with van der Waals surface area (Å²) in [6.07, 6.45) is 0. The van der Waals surface area contributed by atoms with Crippen molar-refractivity contribution in [2.75, 3.05) is 11.9 Å². The van der Waals surface area contributed by atoms with Crippen LogP contribution in [0.1, 0.15) is 48.1 Å². The number of pyridine rings is 1. The lowest BCUT2D eigenvalue weighted by Crippen LogP contribution is -2.47. The van der Waals surface area contributed by atoms with E-state index in [2.05, 4.69) is 15.6 Å². The van der Waals surface area contributed by atoms with E-state index in [0.717, 1.165) is 17.0 Å². The summed E-state index contributed by atoms with van der Waals surface area (Å²) in [7, 11) is 0. The van der Waals surface area contributed by atoms with Crippen molar-refractivity contribution >= 4 is 17.5 Å². The molecule has 2 aromatic rings. The number of aromatic nitrogens is 1. The number of nitrogens with one attached hydrogen (secondary N) is 2. The van der Waals surface area contributed by atoms with Crippen molar-refractivity contribution in [1.82, 2.24) is 10.3 Å². The second kappa shape index (κ2) is 9.35. The van der Waals surface area contributed by atoms with Crippen LogP contribution in [0.5, 0.6) is 5.75 Å². The Labute approximate surface area is 166 Å². The van der Waals surface area contributed by atoms with E-state index in [9.17, 15) is 9.59 Å². The first-order chi connectivity index (χ1) is 13.2. The van der Waals surface area contributed by atoms with Gasteiger partial charge in [-0.2, -0.15) is 0 Å². The third kappa shape index (κ3) is 5.31. The average molecular weight is 383 g/mol. The molecule has 6 heteroatoms. The SMILES string of the molecule is CCOc1ccc(C(=O)NC(C(=O)Nc2c(C)cc(C)nc2C)C(C)C)cc1. The first-order valence-electron chi connectivity index (χ1n) is 9.52. The monoisotopic (exact) mass is 383 g/mol. The van der Waals surface area contributed by atoms with E-state index in [1.807, 2.05) is 47.6 Å². The number of anilines is 1. The van der Waals surface area contributed by atoms with Crippen LogP contribution in [-0.4, -0.2) is 29.4 Å². The molecule has 0 aliphatic heterocycles. The molecule has 0 fully saturated rings. The van der Waals surface area contributed by atoms with E-state index >= 15 is 0 Å². The molecule has 6 nitrogen and oxygen atoms in total. The quantitative estimate of drug-likeness (QED) is 0.762. The lowest BCUT2D eigenvalue weighted by Gasteiger charge is -2.23. The van der Waals surface area contributed by atoms with Crippen molar-refractivity contribution in [3.63, 3.8) is 0 Å². The minimum atomic E-state index is -0.667. The summed E-state index contributed by atoms with van der Waals surface area (Å²) in [6.45, 7) is 12.0. The number of nitrogens with zero attached hydrogens (tertiary/aromatic N) is 1. The van der Waals surface area contributed by atoms with Crippen molar-refractivity contribution in [2.45, 2.75) is 47.6 Å². The second-order valence-corrected chi connectivity index (χ2v) is 7.18. The van der Waals surface area contributed by atoms with Gasteiger partial charge in [0.2, 0.25) is 5.91 Å². The van der Waals surface area contributed by atoms with Gasteiger partial charge in [-0.15, -0.1) is 0 Å². The summed E-state index contributed by atoms with van der Waals surface area (Å²) in [5, 5.41) is 5.78. The molecule has 1 aromatic heterocycles. The maximum absolute atomic E-state index is 12.9. The van der Waals surface area contributed by atoms with Gasteiger partial charge in [-0.25, -0.2) is 0 Å². The summed E-state index contributed by atoms with van der Waals surface area (Å²) >= 11 is 0. The average Bonchev–Trinajstić information content (AvgIpc) is 2.63. The number of carbonyl (C=O) groups is 2. The van der Waals surface area contributed by atoms with Gasteiger partial charge in [-0.1, -0.05) is 13.8 Å². The smallest absolute Gasteiger partial charge is 0.251 e. The highest BCUT2D eigenvalue weighted by Crippen LogP contribution is 2.20. The maximum atomic E-state index is 12.9. The van der Waals surface area contributed by atoms with Crippen molar-refractivity contribution < 1.29 is 14.3 Å². The van der Waals surface area contributed by atoms with E-state index in [0.29, 0.717) is 23.6 Å². The molecule has 2 N–H and O–H groups in total. The number of rotatable bonds is 7. The molecule has 0 radical (unpaired) electrons. The van der Waals surface area contributed by atoms with Gasteiger partial charge < -0.3 is 15.4 Å². The molecule has 0 saturated heterocycles. The molecule has 1 aromatic carbocycles. The Morgan fingerprint density at radius 1 is 1.11 bits per heavy atom. The number of aryl methyl sites for hydroxylation is 3. The van der Waals surface area contributed by atoms with E-state index in [1.54, 1.807) is 24.3 Å². The van der Waals surface area contributed by atoms with Crippen LogP contribution in [-0.2, 0) is 4.79 Å². The summed E-state index contributed by atoms with van der Waals surface area (Å²) in [6, 6.07) is 8.12. The van der Waals surface area contributed by atoms with Crippen molar-refractivity contribution in [2.24, 2.45) is 5.92 Å². The highest BCUT2D eigenvalue weighted by atomic mass is 16.5. The molecule has 1 unspecified atom stereocenters. The first kappa shape index (κ1) is 21.4. The Kier molecular flexibility index (Phi) is 7.15. The lowest BCUT2D eigenvalue weighted by molar-refractivity contribution is -0.118. The van der Waals surface area contributed by atoms with Crippen LogP contribution >= 0.6 is 0 Å². The molecule has 0 aliphatic rings. The third-order valence-corrected chi connectivity index (χ3v) is 4.44. The molecule has 0 aliphatic carbocycles. The maximum Gasteiger partial charge on any atom is 0.251 e. The standard InChI is InChI=1S/C22H29N3O3/c1-7-28-18-10-8-17(9-11-18)21(26)24-19(13(2)3)22(27)25-20-14(4)12-15(5)23-16(20)6/h8-13,19H,7H2,1-6H3,(H,24,26)(H,25,27). The van der Waals surface area contributed by atoms with Gasteiger partial charge in [-0.3, -0.25) is 14.6 Å². The largest absolute Gasteiger partial charge is 0.494 e. The highest BCUT2D eigenvalue weighted by molar-refractivity contribution is 6.01. The third-order valence-electron chi connectivity index (χ3n) is 4.44. The lowest BCUT2D eigenvalue weighted by atomic mass is 10.0. The van der Waals surface area contributed by atoms with Gasteiger partial charge >= 0.3 is 0 Å². The fourth-order valence-electron chi connectivity index (χ4n) is 3.04. The van der Waals surface area contributed by atoms with Gasteiger partial charge in [0.05, 0.1) is 18.0 Å². The van der Waals surface area contributed by atoms with E-state index in [-0.39, 0.29) is 17.7 Å². The Balaban J connectivity index is 2.14. The first-order valence-corrected chi connectivity index (χ1v) is 9.52. The summed E-state index contributed by atoms with van der Waals surface area (Å²) in [4.78, 5) is 29.9. The van der Waals surface area contributed by atoms with Crippen LogP contribution in [0.3, 0.4) is 0 Å². The number of carbonyl (C=O) groups excluding carboxylic acids is 2. The zero-order valence-electron chi connectivity index (χ0n) is 17.4. The molecule has 1 atom stereocenters. The van der Waals surface area contributed by atoms with Gasteiger partial charge in [0, 0.05) is 11.3 Å². The van der Waals surface area contributed by atoms with Crippen LogP contribution in [0.15, 0.2) is 30.3 Å². The number of benzene rings is 1. The van der Waals surface area contributed by atoms with Crippen LogP contribution in [0, 0.1) is 26.7 Å². The summed E-state index contributed by atoms with van der Waals surface area (Å²) < 4.78 is 5.39. The van der Waals surface area contributed by atoms with E-state index in [1.165, 1.54) is 0 Å². The molecular formula is C22H29N3O3. The van der Waals surface area contributed by atoms with Gasteiger partial charge in [-0.05, 0) is 69.5 Å². The van der Waals surface area contributed by atoms with Crippen LogP contribution in [0.4, 0.5) is 5.69 Å². The molecule has 28 heavy (non-hydrogen) atoms. The number of ether oxygens (including phenoxy) is 1. The Morgan fingerprint density at radius 3 is 2.29 bits per heavy atom. The fourth-order valence-corrected chi connectivity index (χ4v) is 3.04. The van der Waals surface area contributed by atoms with Crippen molar-refractivity contribution in [3.05, 3.63) is 52.8 Å². The van der Waals surface area contributed by atoms with Gasteiger partial charge in [0.1, 0.15) is 11.8 Å². The molecule has 150 valence electrons. The van der Waals surface area contributed by atoms with Crippen molar-refractivity contribution in [3.8, 4) is 5.75 Å². The summed E-state index contributed by atoms with van der Waals surface area (Å²) in [5.41, 5.74) is 3.77. The van der Waals surface area contributed by atoms with Crippen LogP contribution in [0.2, 0.25) is 0 Å². The van der Waals surface area contributed by atoms with E-state index in [4.69, 9.17) is 4.74 Å². The van der Waals surface area contributed by atoms with Gasteiger partial charge in [0.25, 0.3) is 5.91 Å². The minimum absolute atomic E-state index is 0.0781. The zero-order chi connectivity index (χ0) is 20.8. The van der Waals surface area contributed by atoms with E-state index < -0.39 is 6.04 Å². The number of hydrogen-bond acceptors (Lipinski definition) is 4. The number of hydrogen-bond donors (Lipinski definition) is 2. The van der Waals surface area contributed by atoms with Crippen LogP contribution < -0.4 is 15.4 Å². The predicted octanol–water partition coefficient (Wildman–Crippen LogP) is 3.80. The molecule has 1 heterocycles. The zero-order valence-corrected chi connectivity index (χ0v) is 17.4. The van der Waals surface area contributed by atoms with Gasteiger partial charge in [0.15, 0.2) is 0 Å². The summed E-state index contributed by atoms with van der Waals surface area (Å²) in [5.74, 6) is 0.0687. The molecule has 0 saturated carbocycles. The predicted molar refractivity (Wildman–Crippen MR) is 111 cm³/mol. The molecule has 0 bridgehead atoms. The Bertz CT molecular complexity index is 822. The Hall–Kier alpha value is -2.89. The number of amides is 2. The van der Waals surface area contributed by atoms with Crippen LogP contribution in [0.25, 0.3) is 0 Å². The normalized spacial score (nSPS) is 11.8. The minimum Gasteiger partial charge on any atom is -0.494 e. The fraction of sp³-hybridized carbons (Fsp3) is 0.409. The Morgan fingerprint density at radius 2 is 1.75 bits per heavy atom. The molecule has 2 amide bonds. The molecule has 2 rings (SSSR count). The molecule has 0 spiro atoms. The topological polar surface area (TPSA) is 80.3 Å².